The molecule has 1 aromatic heterocycles. The lowest BCUT2D eigenvalue weighted by molar-refractivity contribution is 0.582. The minimum atomic E-state index is 0.930. The molecule has 2 heteroatoms. The van der Waals surface area contributed by atoms with Crippen LogP contribution in [0.15, 0.2) is 41.0 Å². The van der Waals surface area contributed by atoms with Gasteiger partial charge >= 0.3 is 0 Å². The molecule has 0 saturated heterocycles. The van der Waals surface area contributed by atoms with Gasteiger partial charge in [0.05, 0.1) is 6.26 Å². The molecule has 0 fully saturated rings. The Morgan fingerprint density at radius 3 is 2.69 bits per heavy atom. The average Bonchev–Trinajstić information content (AvgIpc) is 2.62. The molecule has 0 saturated carbocycles. The van der Waals surface area contributed by atoms with Crippen LogP contribution in [0.5, 0.6) is 0 Å². The molecule has 0 aliphatic carbocycles. The van der Waals surface area contributed by atoms with Gasteiger partial charge in [-0.05, 0) is 59.3 Å². The smallest absolute Gasteiger partial charge is 0.133 e. The summed E-state index contributed by atoms with van der Waals surface area (Å²) in [5, 5.41) is 0. The van der Waals surface area contributed by atoms with Crippen molar-refractivity contribution < 1.29 is 4.42 Å². The number of aryl methyl sites for hydroxylation is 1. The molecule has 0 atom stereocenters. The van der Waals surface area contributed by atoms with Gasteiger partial charge in [-0.25, -0.2) is 0 Å². The van der Waals surface area contributed by atoms with Crippen molar-refractivity contribution in [2.75, 3.05) is 0 Å². The van der Waals surface area contributed by atoms with Crippen LogP contribution in [-0.4, -0.2) is 0 Å². The molecule has 0 bridgehead atoms. The van der Waals surface area contributed by atoms with Gasteiger partial charge in [0.1, 0.15) is 5.76 Å². The molecule has 1 heterocycles. The number of benzene rings is 1. The fourth-order valence-electron chi connectivity index (χ4n) is 1.24. The Labute approximate surface area is 90.9 Å². The first-order valence-electron chi connectivity index (χ1n) is 4.07. The Morgan fingerprint density at radius 1 is 1.23 bits per heavy atom. The van der Waals surface area contributed by atoms with E-state index in [4.69, 9.17) is 4.42 Å². The molecule has 0 radical (unpaired) electrons. The molecule has 1 aromatic carbocycles. The van der Waals surface area contributed by atoms with E-state index >= 15 is 0 Å². The van der Waals surface area contributed by atoms with E-state index in [2.05, 4.69) is 47.7 Å². The van der Waals surface area contributed by atoms with Crippen molar-refractivity contribution in [1.82, 2.24) is 0 Å². The fraction of sp³-hybridized carbons (Fsp3) is 0.0909. The highest BCUT2D eigenvalue weighted by Crippen LogP contribution is 2.23. The molecule has 0 aliphatic rings. The van der Waals surface area contributed by atoms with Crippen LogP contribution in [0.1, 0.15) is 5.56 Å². The summed E-state index contributed by atoms with van der Waals surface area (Å²) in [5.74, 6) is 0.930. The Hall–Kier alpha value is -0.770. The largest absolute Gasteiger partial charge is 0.464 e. The van der Waals surface area contributed by atoms with Crippen LogP contribution in [-0.2, 0) is 0 Å². The number of rotatable bonds is 1. The Balaban J connectivity index is 2.49. The molecule has 2 rings (SSSR count). The van der Waals surface area contributed by atoms with E-state index in [9.17, 15) is 0 Å². The zero-order chi connectivity index (χ0) is 9.26. The third-order valence-electron chi connectivity index (χ3n) is 1.96. The third-order valence-corrected chi connectivity index (χ3v) is 3.17. The van der Waals surface area contributed by atoms with Crippen molar-refractivity contribution in [3.8, 4) is 11.3 Å². The Morgan fingerprint density at radius 2 is 2.08 bits per heavy atom. The second-order valence-electron chi connectivity index (χ2n) is 2.94. The number of hydrogen-bond acceptors (Lipinski definition) is 1. The molecule has 0 amide bonds. The van der Waals surface area contributed by atoms with Crippen molar-refractivity contribution in [3.05, 3.63) is 45.7 Å². The average molecular weight is 284 g/mol. The monoisotopic (exact) mass is 284 g/mol. The summed E-state index contributed by atoms with van der Waals surface area (Å²) in [6.07, 6.45) is 1.70. The second kappa shape index (κ2) is 3.54. The summed E-state index contributed by atoms with van der Waals surface area (Å²) in [4.78, 5) is 0. The van der Waals surface area contributed by atoms with E-state index < -0.39 is 0 Å². The standard InChI is InChI=1S/C11H9IO/c1-8-7-9(4-5-10(8)12)11-3-2-6-13-11/h2-7H,1H3. The fourth-order valence-corrected chi connectivity index (χ4v) is 1.58. The molecule has 66 valence electrons. The SMILES string of the molecule is Cc1cc(-c2ccco2)ccc1I. The third kappa shape index (κ3) is 1.77. The maximum atomic E-state index is 5.31. The van der Waals surface area contributed by atoms with Crippen LogP contribution < -0.4 is 0 Å². The first kappa shape index (κ1) is 8.81. The summed E-state index contributed by atoms with van der Waals surface area (Å²) in [7, 11) is 0. The zero-order valence-electron chi connectivity index (χ0n) is 7.25. The normalized spacial score (nSPS) is 10.3. The molecule has 0 aliphatic heterocycles. The van der Waals surface area contributed by atoms with Crippen LogP contribution >= 0.6 is 22.6 Å². The summed E-state index contributed by atoms with van der Waals surface area (Å²) < 4.78 is 6.60. The molecule has 0 spiro atoms. The van der Waals surface area contributed by atoms with Crippen molar-refractivity contribution in [1.29, 1.82) is 0 Å². The molecule has 13 heavy (non-hydrogen) atoms. The topological polar surface area (TPSA) is 13.1 Å². The minimum absolute atomic E-state index is 0.930. The van der Waals surface area contributed by atoms with Gasteiger partial charge in [-0.15, -0.1) is 0 Å². The van der Waals surface area contributed by atoms with Crippen molar-refractivity contribution in [2.45, 2.75) is 6.92 Å². The quantitative estimate of drug-likeness (QED) is 0.725. The van der Waals surface area contributed by atoms with E-state index in [-0.39, 0.29) is 0 Å². The number of hydrogen-bond donors (Lipinski definition) is 0. The van der Waals surface area contributed by atoms with Gasteiger partial charge < -0.3 is 4.42 Å². The maximum Gasteiger partial charge on any atom is 0.133 e. The van der Waals surface area contributed by atoms with Crippen LogP contribution in [0.25, 0.3) is 11.3 Å². The van der Waals surface area contributed by atoms with Gasteiger partial charge in [-0.3, -0.25) is 0 Å². The zero-order valence-corrected chi connectivity index (χ0v) is 9.41. The van der Waals surface area contributed by atoms with Crippen molar-refractivity contribution in [3.63, 3.8) is 0 Å². The second-order valence-corrected chi connectivity index (χ2v) is 4.10. The lowest BCUT2D eigenvalue weighted by Gasteiger charge is -2.00. The van der Waals surface area contributed by atoms with Crippen LogP contribution in [0.4, 0.5) is 0 Å². The van der Waals surface area contributed by atoms with Gasteiger partial charge in [0, 0.05) is 9.13 Å². The number of halogens is 1. The molecule has 0 unspecified atom stereocenters. The van der Waals surface area contributed by atoms with Gasteiger partial charge in [0.2, 0.25) is 0 Å². The van der Waals surface area contributed by atoms with Crippen LogP contribution in [0, 0.1) is 10.5 Å². The predicted octanol–water partition coefficient (Wildman–Crippen LogP) is 3.86. The highest BCUT2D eigenvalue weighted by Gasteiger charge is 2.01. The van der Waals surface area contributed by atoms with Gasteiger partial charge in [-0.1, -0.05) is 6.07 Å². The van der Waals surface area contributed by atoms with E-state index in [1.54, 1.807) is 6.26 Å². The van der Waals surface area contributed by atoms with Gasteiger partial charge in [0.25, 0.3) is 0 Å². The summed E-state index contributed by atoms with van der Waals surface area (Å²) >= 11 is 2.33. The Bertz CT molecular complexity index is 404. The van der Waals surface area contributed by atoms with Crippen LogP contribution in [0.3, 0.4) is 0 Å². The molecular formula is C11H9IO. The highest BCUT2D eigenvalue weighted by molar-refractivity contribution is 14.1. The maximum absolute atomic E-state index is 5.31. The predicted molar refractivity (Wildman–Crippen MR) is 61.6 cm³/mol. The molecular weight excluding hydrogens is 275 g/mol. The van der Waals surface area contributed by atoms with E-state index in [1.165, 1.54) is 9.13 Å². The first-order valence-corrected chi connectivity index (χ1v) is 5.15. The Kier molecular flexibility index (Phi) is 2.40. The lowest BCUT2D eigenvalue weighted by atomic mass is 10.1. The van der Waals surface area contributed by atoms with Crippen LogP contribution in [0.2, 0.25) is 0 Å². The summed E-state index contributed by atoms with van der Waals surface area (Å²) in [6.45, 7) is 2.11. The van der Waals surface area contributed by atoms with Crippen molar-refractivity contribution in [2.24, 2.45) is 0 Å². The van der Waals surface area contributed by atoms with E-state index in [0.717, 1.165) is 11.3 Å². The summed E-state index contributed by atoms with van der Waals surface area (Å²) in [5.41, 5.74) is 2.43. The van der Waals surface area contributed by atoms with E-state index in [0.29, 0.717) is 0 Å². The molecule has 1 nitrogen and oxygen atoms in total. The van der Waals surface area contributed by atoms with E-state index in [1.807, 2.05) is 12.1 Å². The molecule has 0 N–H and O–H groups in total. The summed E-state index contributed by atoms with van der Waals surface area (Å²) in [6, 6.07) is 10.2. The highest BCUT2D eigenvalue weighted by atomic mass is 127. The van der Waals surface area contributed by atoms with Crippen molar-refractivity contribution >= 4 is 22.6 Å². The minimum Gasteiger partial charge on any atom is -0.464 e. The number of furan rings is 1. The lowest BCUT2D eigenvalue weighted by Crippen LogP contribution is -1.81. The van der Waals surface area contributed by atoms with Gasteiger partial charge in [-0.2, -0.15) is 0 Å². The first-order chi connectivity index (χ1) is 6.27. The van der Waals surface area contributed by atoms with Gasteiger partial charge in [0.15, 0.2) is 0 Å². The molecule has 2 aromatic rings.